The van der Waals surface area contributed by atoms with Crippen molar-refractivity contribution in [2.45, 2.75) is 31.2 Å². The van der Waals surface area contributed by atoms with Crippen molar-refractivity contribution in [2.24, 2.45) is 5.92 Å². The molecule has 4 rings (SSSR count). The van der Waals surface area contributed by atoms with E-state index in [1.54, 1.807) is 4.90 Å². The lowest BCUT2D eigenvalue weighted by molar-refractivity contribution is -0.125. The monoisotopic (exact) mass is 328 g/mol. The normalized spacial score (nSPS) is 28.0. The number of nitrogens with one attached hydrogen (secondary N) is 3. The highest BCUT2D eigenvalue weighted by Crippen LogP contribution is 2.37. The molecule has 0 bridgehead atoms. The highest BCUT2D eigenvalue weighted by molar-refractivity contribution is 6.07. The molecule has 2 atom stereocenters. The van der Waals surface area contributed by atoms with E-state index in [9.17, 15) is 14.4 Å². The topological polar surface area (TPSA) is 90.5 Å². The summed E-state index contributed by atoms with van der Waals surface area (Å²) in [6.07, 6.45) is 3.15. The number of urea groups is 2. The van der Waals surface area contributed by atoms with Gasteiger partial charge in [-0.15, -0.1) is 0 Å². The lowest BCUT2D eigenvalue weighted by Crippen LogP contribution is -2.54. The third-order valence-corrected chi connectivity index (χ3v) is 5.42. The second kappa shape index (κ2) is 5.51. The van der Waals surface area contributed by atoms with Crippen LogP contribution >= 0.6 is 0 Å². The Labute approximate surface area is 139 Å². The lowest BCUT2D eigenvalue weighted by Gasteiger charge is -2.29. The van der Waals surface area contributed by atoms with Crippen molar-refractivity contribution in [1.82, 2.24) is 16.0 Å². The van der Waals surface area contributed by atoms with E-state index in [4.69, 9.17) is 0 Å². The fourth-order valence-electron chi connectivity index (χ4n) is 4.18. The molecule has 1 aromatic carbocycles. The average Bonchev–Trinajstić information content (AvgIpc) is 3.24. The number of rotatable bonds is 2. The first-order valence-electron chi connectivity index (χ1n) is 8.37. The fraction of sp³-hybridized carbons (Fsp3) is 0.471. The van der Waals surface area contributed by atoms with E-state index in [1.807, 2.05) is 24.3 Å². The van der Waals surface area contributed by atoms with Gasteiger partial charge in [0.2, 0.25) is 0 Å². The smallest absolute Gasteiger partial charge is 0.322 e. The van der Waals surface area contributed by atoms with Gasteiger partial charge in [0.15, 0.2) is 0 Å². The molecular formula is C17H20N4O3. The van der Waals surface area contributed by atoms with E-state index in [0.29, 0.717) is 19.5 Å². The summed E-state index contributed by atoms with van der Waals surface area (Å²) in [6, 6.07) is 7.30. The molecule has 7 heteroatoms. The first-order valence-corrected chi connectivity index (χ1v) is 8.37. The summed E-state index contributed by atoms with van der Waals surface area (Å²) >= 11 is 0. The number of hydrogen-bond acceptors (Lipinski definition) is 3. The Morgan fingerprint density at radius 3 is 2.96 bits per heavy atom. The van der Waals surface area contributed by atoms with Gasteiger partial charge in [-0.2, -0.15) is 0 Å². The Morgan fingerprint density at radius 1 is 1.33 bits per heavy atom. The second-order valence-electron chi connectivity index (χ2n) is 6.69. The van der Waals surface area contributed by atoms with Crippen LogP contribution in [0, 0.1) is 5.92 Å². The maximum absolute atomic E-state index is 12.5. The number of amides is 5. The highest BCUT2D eigenvalue weighted by atomic mass is 16.2. The summed E-state index contributed by atoms with van der Waals surface area (Å²) in [6.45, 7) is 1.05. The van der Waals surface area contributed by atoms with Crippen molar-refractivity contribution in [3.05, 3.63) is 29.8 Å². The maximum Gasteiger partial charge on any atom is 0.322 e. The van der Waals surface area contributed by atoms with Gasteiger partial charge in [-0.3, -0.25) is 15.0 Å². The summed E-state index contributed by atoms with van der Waals surface area (Å²) < 4.78 is 0. The van der Waals surface area contributed by atoms with Gasteiger partial charge in [0.25, 0.3) is 5.91 Å². The molecule has 0 aromatic heterocycles. The third kappa shape index (κ3) is 2.23. The van der Waals surface area contributed by atoms with Gasteiger partial charge in [-0.1, -0.05) is 24.6 Å². The molecule has 126 valence electrons. The highest BCUT2D eigenvalue weighted by Gasteiger charge is 2.54. The van der Waals surface area contributed by atoms with Gasteiger partial charge in [0.1, 0.15) is 5.54 Å². The van der Waals surface area contributed by atoms with Gasteiger partial charge in [0.05, 0.1) is 0 Å². The lowest BCUT2D eigenvalue weighted by atomic mass is 9.87. The van der Waals surface area contributed by atoms with E-state index in [-0.39, 0.29) is 17.9 Å². The van der Waals surface area contributed by atoms with Crippen LogP contribution < -0.4 is 20.9 Å². The van der Waals surface area contributed by atoms with Gasteiger partial charge in [-0.25, -0.2) is 9.59 Å². The summed E-state index contributed by atoms with van der Waals surface area (Å²) in [5.74, 6) is -0.346. The summed E-state index contributed by atoms with van der Waals surface area (Å²) in [5, 5.41) is 8.05. The van der Waals surface area contributed by atoms with Crippen LogP contribution in [-0.4, -0.2) is 36.6 Å². The summed E-state index contributed by atoms with van der Waals surface area (Å²) in [5.41, 5.74) is 1.27. The van der Waals surface area contributed by atoms with Crippen LogP contribution in [0.4, 0.5) is 15.3 Å². The van der Waals surface area contributed by atoms with Crippen LogP contribution in [0.2, 0.25) is 0 Å². The van der Waals surface area contributed by atoms with Crippen LogP contribution in [0.1, 0.15) is 24.8 Å². The zero-order valence-electron chi connectivity index (χ0n) is 13.3. The molecule has 24 heavy (non-hydrogen) atoms. The predicted molar refractivity (Wildman–Crippen MR) is 87.6 cm³/mol. The van der Waals surface area contributed by atoms with Gasteiger partial charge in [0, 0.05) is 24.7 Å². The standard InChI is InChI=1S/C17H20N4O3/c22-14-17(20-15(23)19-14)8-3-5-12(17)10-18-16(24)21-9-7-11-4-1-2-6-13(11)21/h1-2,4,6,12H,3,5,7-10H2,(H,18,24)(H2,19,20,22,23)/t12-,17-/m0/s1. The molecule has 5 amide bonds. The number of hydrogen-bond donors (Lipinski definition) is 3. The predicted octanol–water partition coefficient (Wildman–Crippen LogP) is 1.14. The minimum Gasteiger partial charge on any atom is -0.337 e. The molecule has 2 aliphatic heterocycles. The zero-order valence-corrected chi connectivity index (χ0v) is 13.3. The molecule has 0 radical (unpaired) electrons. The van der Waals surface area contributed by atoms with E-state index in [1.165, 1.54) is 5.56 Å². The number of para-hydroxylation sites is 1. The first-order chi connectivity index (χ1) is 11.6. The minimum atomic E-state index is -0.854. The van der Waals surface area contributed by atoms with Crippen molar-refractivity contribution in [3.63, 3.8) is 0 Å². The second-order valence-corrected chi connectivity index (χ2v) is 6.69. The van der Waals surface area contributed by atoms with E-state index in [0.717, 1.165) is 24.9 Å². The molecule has 2 fully saturated rings. The minimum absolute atomic E-state index is 0.0780. The number of benzene rings is 1. The van der Waals surface area contributed by atoms with E-state index in [2.05, 4.69) is 16.0 Å². The molecule has 1 spiro atoms. The molecule has 1 aromatic rings. The quantitative estimate of drug-likeness (QED) is 0.711. The Balaban J connectivity index is 1.43. The van der Waals surface area contributed by atoms with Crippen molar-refractivity contribution in [1.29, 1.82) is 0 Å². The SMILES string of the molecule is O=C1NC(=O)[C@@]2(CCC[C@H]2CNC(=O)N2CCc3ccccc32)N1. The number of anilines is 1. The van der Waals surface area contributed by atoms with Crippen LogP contribution in [0.15, 0.2) is 24.3 Å². The number of fused-ring (bicyclic) bond motifs is 1. The number of carbonyl (C=O) groups is 3. The van der Waals surface area contributed by atoms with Crippen molar-refractivity contribution >= 4 is 23.7 Å². The molecule has 1 saturated heterocycles. The van der Waals surface area contributed by atoms with Gasteiger partial charge in [-0.05, 0) is 30.9 Å². The molecule has 7 nitrogen and oxygen atoms in total. The van der Waals surface area contributed by atoms with E-state index >= 15 is 0 Å². The van der Waals surface area contributed by atoms with Gasteiger partial charge < -0.3 is 10.6 Å². The molecule has 1 aliphatic carbocycles. The summed E-state index contributed by atoms with van der Waals surface area (Å²) in [4.78, 5) is 38.0. The first kappa shape index (κ1) is 15.0. The maximum atomic E-state index is 12.5. The molecule has 2 heterocycles. The Hall–Kier alpha value is -2.57. The Bertz CT molecular complexity index is 720. The van der Waals surface area contributed by atoms with Crippen molar-refractivity contribution in [3.8, 4) is 0 Å². The van der Waals surface area contributed by atoms with Crippen LogP contribution in [0.5, 0.6) is 0 Å². The fourth-order valence-corrected chi connectivity index (χ4v) is 4.18. The van der Waals surface area contributed by atoms with E-state index < -0.39 is 11.6 Å². The van der Waals surface area contributed by atoms with Crippen LogP contribution in [0.3, 0.4) is 0 Å². The molecule has 3 N–H and O–H groups in total. The zero-order chi connectivity index (χ0) is 16.7. The molecule has 1 saturated carbocycles. The molecular weight excluding hydrogens is 308 g/mol. The Morgan fingerprint density at radius 2 is 2.17 bits per heavy atom. The number of carbonyl (C=O) groups excluding carboxylic acids is 3. The van der Waals surface area contributed by atoms with Crippen LogP contribution in [0.25, 0.3) is 0 Å². The molecule has 0 unspecified atom stereocenters. The third-order valence-electron chi connectivity index (χ3n) is 5.42. The van der Waals surface area contributed by atoms with Crippen LogP contribution in [-0.2, 0) is 11.2 Å². The van der Waals surface area contributed by atoms with Gasteiger partial charge >= 0.3 is 12.1 Å². The number of imide groups is 1. The largest absolute Gasteiger partial charge is 0.337 e. The molecule has 3 aliphatic rings. The van der Waals surface area contributed by atoms with Crippen molar-refractivity contribution in [2.75, 3.05) is 18.0 Å². The summed E-state index contributed by atoms with van der Waals surface area (Å²) in [7, 11) is 0. The van der Waals surface area contributed by atoms with Crippen molar-refractivity contribution < 1.29 is 14.4 Å². The Kier molecular flexibility index (Phi) is 3.44. The number of nitrogens with zero attached hydrogens (tertiary/aromatic N) is 1. The average molecular weight is 328 g/mol.